The number of nitrogens with zero attached hydrogens (tertiary/aromatic N) is 2. The Balaban J connectivity index is 1.64. The standard InChI is InChI=1S/C32H44N2O2/c1-9-10-11-24-12-14-25(15-13-24)30-27(21(2)3)19-33(30)20-28-22(4)18-23(5)29-26(28)16-17-34(29)31(35)36-32(6,7)8/h12-18,21,27,30H,9-11,19-20H2,1-8H3. The SMILES string of the molecule is CCCCc1ccc(C2C(C(C)C)CN2Cc2c(C)cc(C)c3c2ccn3C(=O)OC(C)(C)C)cc1. The Kier molecular flexibility index (Phi) is 7.66. The van der Waals surface area contributed by atoms with Gasteiger partial charge in [0.25, 0.3) is 0 Å². The first-order chi connectivity index (χ1) is 17.0. The summed E-state index contributed by atoms with van der Waals surface area (Å²) >= 11 is 0. The lowest BCUT2D eigenvalue weighted by Gasteiger charge is -2.51. The number of likely N-dealkylation sites (tertiary alicyclic amines) is 1. The molecule has 3 aromatic rings. The van der Waals surface area contributed by atoms with Crippen molar-refractivity contribution in [2.75, 3.05) is 6.54 Å². The first-order valence-electron chi connectivity index (χ1n) is 13.7. The molecule has 36 heavy (non-hydrogen) atoms. The third-order valence-corrected chi connectivity index (χ3v) is 7.69. The van der Waals surface area contributed by atoms with Crippen molar-refractivity contribution >= 4 is 17.0 Å². The second-order valence-electron chi connectivity index (χ2n) is 12.0. The molecule has 0 spiro atoms. The first kappa shape index (κ1) is 26.5. The number of hydrogen-bond acceptors (Lipinski definition) is 3. The molecule has 2 aromatic carbocycles. The summed E-state index contributed by atoms with van der Waals surface area (Å²) < 4.78 is 7.37. The Bertz CT molecular complexity index is 1210. The monoisotopic (exact) mass is 488 g/mol. The number of ether oxygens (including phenoxy) is 1. The lowest BCUT2D eigenvalue weighted by molar-refractivity contribution is -0.0201. The van der Waals surface area contributed by atoms with E-state index in [0.717, 1.165) is 36.0 Å². The topological polar surface area (TPSA) is 34.5 Å². The van der Waals surface area contributed by atoms with E-state index in [1.54, 1.807) is 4.57 Å². The fourth-order valence-corrected chi connectivity index (χ4v) is 5.72. The smallest absolute Gasteiger partial charge is 0.418 e. The maximum absolute atomic E-state index is 13.0. The number of rotatable bonds is 7. The Labute approximate surface area is 217 Å². The highest BCUT2D eigenvalue weighted by molar-refractivity contribution is 5.94. The molecule has 0 bridgehead atoms. The van der Waals surface area contributed by atoms with Gasteiger partial charge in [-0.2, -0.15) is 0 Å². The molecule has 1 aliphatic heterocycles. The van der Waals surface area contributed by atoms with Crippen LogP contribution in [0.5, 0.6) is 0 Å². The zero-order valence-electron chi connectivity index (χ0n) is 23.5. The molecule has 2 unspecified atom stereocenters. The minimum atomic E-state index is -0.530. The van der Waals surface area contributed by atoms with Gasteiger partial charge in [-0.3, -0.25) is 9.47 Å². The van der Waals surface area contributed by atoms with Crippen molar-refractivity contribution in [3.8, 4) is 0 Å². The average molecular weight is 489 g/mol. The van der Waals surface area contributed by atoms with Crippen molar-refractivity contribution in [1.29, 1.82) is 0 Å². The van der Waals surface area contributed by atoms with Crippen LogP contribution in [0, 0.1) is 25.7 Å². The van der Waals surface area contributed by atoms with Crippen LogP contribution in [0.4, 0.5) is 4.79 Å². The molecular weight excluding hydrogens is 444 g/mol. The Morgan fingerprint density at radius 1 is 1.08 bits per heavy atom. The highest BCUT2D eigenvalue weighted by atomic mass is 16.6. The van der Waals surface area contributed by atoms with E-state index >= 15 is 0 Å². The second-order valence-corrected chi connectivity index (χ2v) is 12.0. The molecule has 4 rings (SSSR count). The van der Waals surface area contributed by atoms with E-state index in [1.807, 2.05) is 27.0 Å². The van der Waals surface area contributed by atoms with Gasteiger partial charge in [-0.15, -0.1) is 0 Å². The molecule has 2 heterocycles. The number of fused-ring (bicyclic) bond motifs is 1. The van der Waals surface area contributed by atoms with E-state index in [1.165, 1.54) is 35.1 Å². The van der Waals surface area contributed by atoms with Crippen molar-refractivity contribution in [2.45, 2.75) is 92.8 Å². The van der Waals surface area contributed by atoms with Crippen molar-refractivity contribution < 1.29 is 9.53 Å². The lowest BCUT2D eigenvalue weighted by atomic mass is 9.76. The van der Waals surface area contributed by atoms with Crippen LogP contribution in [0.25, 0.3) is 10.9 Å². The van der Waals surface area contributed by atoms with Gasteiger partial charge in [-0.1, -0.05) is 57.5 Å². The predicted molar refractivity (Wildman–Crippen MR) is 150 cm³/mol. The minimum absolute atomic E-state index is 0.319. The van der Waals surface area contributed by atoms with Crippen molar-refractivity contribution in [2.24, 2.45) is 11.8 Å². The van der Waals surface area contributed by atoms with Gasteiger partial charge in [-0.25, -0.2) is 4.79 Å². The summed E-state index contributed by atoms with van der Waals surface area (Å²) in [6, 6.07) is 14.1. The zero-order valence-corrected chi connectivity index (χ0v) is 23.5. The fraction of sp³-hybridized carbons (Fsp3) is 0.531. The lowest BCUT2D eigenvalue weighted by Crippen LogP contribution is -2.51. The van der Waals surface area contributed by atoms with Crippen LogP contribution in [0.15, 0.2) is 42.6 Å². The van der Waals surface area contributed by atoms with Gasteiger partial charge in [0.15, 0.2) is 0 Å². The fourth-order valence-electron chi connectivity index (χ4n) is 5.72. The molecule has 0 aliphatic carbocycles. The summed E-state index contributed by atoms with van der Waals surface area (Å²) in [4.78, 5) is 15.6. The normalized spacial score (nSPS) is 18.6. The van der Waals surface area contributed by atoms with E-state index in [0.29, 0.717) is 17.9 Å². The molecule has 1 saturated heterocycles. The van der Waals surface area contributed by atoms with Gasteiger partial charge in [-0.05, 0) is 93.2 Å². The summed E-state index contributed by atoms with van der Waals surface area (Å²) in [5.41, 5.74) is 6.98. The van der Waals surface area contributed by atoms with Crippen LogP contribution >= 0.6 is 0 Å². The highest BCUT2D eigenvalue weighted by Gasteiger charge is 2.41. The minimum Gasteiger partial charge on any atom is -0.443 e. The van der Waals surface area contributed by atoms with Crippen LogP contribution in [0.1, 0.15) is 88.2 Å². The first-order valence-corrected chi connectivity index (χ1v) is 13.7. The van der Waals surface area contributed by atoms with Gasteiger partial charge in [0, 0.05) is 30.7 Å². The maximum atomic E-state index is 13.0. The number of benzene rings is 2. The van der Waals surface area contributed by atoms with Crippen LogP contribution < -0.4 is 0 Å². The number of aryl methyl sites for hydroxylation is 3. The van der Waals surface area contributed by atoms with E-state index in [9.17, 15) is 4.79 Å². The van der Waals surface area contributed by atoms with Gasteiger partial charge >= 0.3 is 6.09 Å². The zero-order chi connectivity index (χ0) is 26.2. The predicted octanol–water partition coefficient (Wildman–Crippen LogP) is 8.21. The molecular formula is C32H44N2O2. The maximum Gasteiger partial charge on any atom is 0.418 e. The van der Waals surface area contributed by atoms with Crippen molar-refractivity contribution in [3.63, 3.8) is 0 Å². The van der Waals surface area contributed by atoms with Crippen molar-refractivity contribution in [3.05, 3.63) is 70.4 Å². The van der Waals surface area contributed by atoms with Gasteiger partial charge in [0.1, 0.15) is 5.60 Å². The van der Waals surface area contributed by atoms with E-state index in [-0.39, 0.29) is 6.09 Å². The molecule has 1 aromatic heterocycles. The van der Waals surface area contributed by atoms with E-state index < -0.39 is 5.60 Å². The Hall–Kier alpha value is -2.59. The molecule has 0 radical (unpaired) electrons. The van der Waals surface area contributed by atoms with Gasteiger partial charge in [0.05, 0.1) is 5.52 Å². The number of carbonyl (C=O) groups is 1. The number of hydrogen-bond donors (Lipinski definition) is 0. The molecule has 2 atom stereocenters. The van der Waals surface area contributed by atoms with Gasteiger partial charge in [0.2, 0.25) is 0 Å². The molecule has 0 N–H and O–H groups in total. The summed E-state index contributed by atoms with van der Waals surface area (Å²) in [6.45, 7) is 18.9. The summed E-state index contributed by atoms with van der Waals surface area (Å²) in [7, 11) is 0. The largest absolute Gasteiger partial charge is 0.443 e. The molecule has 1 fully saturated rings. The molecule has 194 valence electrons. The quantitative estimate of drug-likeness (QED) is 0.336. The summed E-state index contributed by atoms with van der Waals surface area (Å²) in [6.07, 6.45) is 5.19. The van der Waals surface area contributed by atoms with Gasteiger partial charge < -0.3 is 4.74 Å². The molecule has 0 saturated carbocycles. The van der Waals surface area contributed by atoms with Crippen LogP contribution in [0.2, 0.25) is 0 Å². The molecule has 0 amide bonds. The van der Waals surface area contributed by atoms with Crippen LogP contribution in [-0.4, -0.2) is 27.7 Å². The molecule has 1 aliphatic rings. The third-order valence-electron chi connectivity index (χ3n) is 7.69. The van der Waals surface area contributed by atoms with E-state index in [2.05, 4.69) is 75.9 Å². The van der Waals surface area contributed by atoms with E-state index in [4.69, 9.17) is 4.74 Å². The number of aromatic nitrogens is 1. The van der Waals surface area contributed by atoms with Crippen molar-refractivity contribution in [1.82, 2.24) is 9.47 Å². The summed E-state index contributed by atoms with van der Waals surface area (Å²) in [5.74, 6) is 1.29. The summed E-state index contributed by atoms with van der Waals surface area (Å²) in [5, 5.41) is 1.15. The van der Waals surface area contributed by atoms with Crippen LogP contribution in [-0.2, 0) is 17.7 Å². The van der Waals surface area contributed by atoms with Crippen LogP contribution in [0.3, 0.4) is 0 Å². The Morgan fingerprint density at radius 3 is 2.39 bits per heavy atom. The number of unbranched alkanes of at least 4 members (excludes halogenated alkanes) is 1. The second kappa shape index (κ2) is 10.4. The molecule has 4 nitrogen and oxygen atoms in total. The average Bonchev–Trinajstić information content (AvgIpc) is 3.22. The number of carbonyl (C=O) groups excluding carboxylic acids is 1. The Morgan fingerprint density at radius 2 is 1.78 bits per heavy atom. The third kappa shape index (κ3) is 5.39. The molecule has 4 heteroatoms. The highest BCUT2D eigenvalue weighted by Crippen LogP contribution is 2.44.